The second kappa shape index (κ2) is 12.1. The number of hydrogen-bond donors (Lipinski definition) is 0. The van der Waals surface area contributed by atoms with Crippen molar-refractivity contribution in [1.29, 1.82) is 0 Å². The SMILES string of the molecule is CC1(C)c2ccccc2-c2ccc(N(c3ccc(-c4cccc5c(-c6cccc7ccccc67)cccc45)cc3)c3cccc4c3oc3ccccc34)cc21. The van der Waals surface area contributed by atoms with Crippen LogP contribution in [0.5, 0.6) is 0 Å². The molecule has 55 heavy (non-hydrogen) atoms. The lowest BCUT2D eigenvalue weighted by Crippen LogP contribution is -2.16. The number of para-hydroxylation sites is 2. The average molecular weight is 704 g/mol. The molecule has 0 atom stereocenters. The molecule has 1 aliphatic carbocycles. The van der Waals surface area contributed by atoms with E-state index in [0.717, 1.165) is 39.0 Å². The molecule has 10 aromatic rings. The van der Waals surface area contributed by atoms with Crippen LogP contribution in [0, 0.1) is 0 Å². The maximum absolute atomic E-state index is 6.67. The third-order valence-electron chi connectivity index (χ3n) is 11.9. The van der Waals surface area contributed by atoms with Crippen molar-refractivity contribution in [3.05, 3.63) is 199 Å². The normalized spacial score (nSPS) is 13.1. The summed E-state index contributed by atoms with van der Waals surface area (Å²) in [5.74, 6) is 0. The first kappa shape index (κ1) is 31.6. The van der Waals surface area contributed by atoms with E-state index >= 15 is 0 Å². The van der Waals surface area contributed by atoms with Crippen LogP contribution in [-0.4, -0.2) is 0 Å². The van der Waals surface area contributed by atoms with Gasteiger partial charge in [-0.25, -0.2) is 0 Å². The molecule has 0 unspecified atom stereocenters. The Labute approximate surface area is 320 Å². The average Bonchev–Trinajstić information content (AvgIpc) is 3.73. The van der Waals surface area contributed by atoms with E-state index in [1.54, 1.807) is 0 Å². The Balaban J connectivity index is 1.07. The van der Waals surface area contributed by atoms with E-state index in [2.05, 4.69) is 201 Å². The molecule has 0 N–H and O–H groups in total. The van der Waals surface area contributed by atoms with Gasteiger partial charge in [0.25, 0.3) is 0 Å². The Morgan fingerprint density at radius 1 is 0.400 bits per heavy atom. The zero-order valence-corrected chi connectivity index (χ0v) is 30.8. The van der Waals surface area contributed by atoms with Crippen LogP contribution in [0.2, 0.25) is 0 Å². The lowest BCUT2D eigenvalue weighted by Gasteiger charge is -2.28. The van der Waals surface area contributed by atoms with Gasteiger partial charge in [0.1, 0.15) is 5.58 Å². The molecule has 2 heteroatoms. The van der Waals surface area contributed by atoms with Crippen molar-refractivity contribution in [3.63, 3.8) is 0 Å². The molecular weight excluding hydrogens is 667 g/mol. The number of fused-ring (bicyclic) bond motifs is 8. The highest BCUT2D eigenvalue weighted by Crippen LogP contribution is 2.51. The smallest absolute Gasteiger partial charge is 0.159 e. The Morgan fingerprint density at radius 3 is 1.82 bits per heavy atom. The van der Waals surface area contributed by atoms with Crippen LogP contribution >= 0.6 is 0 Å². The second-order valence-electron chi connectivity index (χ2n) is 15.3. The number of rotatable bonds is 5. The second-order valence-corrected chi connectivity index (χ2v) is 15.3. The topological polar surface area (TPSA) is 16.4 Å². The minimum atomic E-state index is -0.123. The van der Waals surface area contributed by atoms with Crippen LogP contribution in [0.4, 0.5) is 17.1 Å². The van der Waals surface area contributed by atoms with Gasteiger partial charge in [0, 0.05) is 27.6 Å². The fourth-order valence-corrected chi connectivity index (χ4v) is 9.21. The number of anilines is 3. The van der Waals surface area contributed by atoms with E-state index in [0.29, 0.717) is 0 Å². The molecule has 0 fully saturated rings. The van der Waals surface area contributed by atoms with E-state index in [9.17, 15) is 0 Å². The largest absolute Gasteiger partial charge is 0.454 e. The van der Waals surface area contributed by atoms with Gasteiger partial charge in [-0.1, -0.05) is 166 Å². The molecule has 1 aromatic heterocycles. The molecule has 1 heterocycles. The summed E-state index contributed by atoms with van der Waals surface area (Å²) < 4.78 is 6.67. The van der Waals surface area contributed by atoms with Gasteiger partial charge in [0.15, 0.2) is 5.58 Å². The van der Waals surface area contributed by atoms with Gasteiger partial charge in [-0.15, -0.1) is 0 Å². The number of benzene rings is 9. The molecule has 0 aliphatic heterocycles. The van der Waals surface area contributed by atoms with Crippen LogP contribution in [-0.2, 0) is 5.41 Å². The lowest BCUT2D eigenvalue weighted by molar-refractivity contribution is 0.660. The molecule has 0 bridgehead atoms. The molecule has 0 radical (unpaired) electrons. The van der Waals surface area contributed by atoms with Crippen LogP contribution in [0.3, 0.4) is 0 Å². The van der Waals surface area contributed by atoms with Gasteiger partial charge >= 0.3 is 0 Å². The summed E-state index contributed by atoms with van der Waals surface area (Å²) in [6.45, 7) is 4.69. The van der Waals surface area contributed by atoms with Crippen molar-refractivity contribution in [2.24, 2.45) is 0 Å². The summed E-state index contributed by atoms with van der Waals surface area (Å²) >= 11 is 0. The maximum atomic E-state index is 6.67. The van der Waals surface area contributed by atoms with Crippen molar-refractivity contribution >= 4 is 60.5 Å². The van der Waals surface area contributed by atoms with Crippen LogP contribution < -0.4 is 4.90 Å². The van der Waals surface area contributed by atoms with E-state index in [1.165, 1.54) is 66.1 Å². The summed E-state index contributed by atoms with van der Waals surface area (Å²) in [5.41, 5.74) is 15.1. The van der Waals surface area contributed by atoms with Crippen LogP contribution in [0.25, 0.3) is 76.9 Å². The van der Waals surface area contributed by atoms with Crippen molar-refractivity contribution in [1.82, 2.24) is 0 Å². The van der Waals surface area contributed by atoms with E-state index in [1.807, 2.05) is 6.07 Å². The minimum Gasteiger partial charge on any atom is -0.454 e. The highest BCUT2D eigenvalue weighted by Gasteiger charge is 2.36. The van der Waals surface area contributed by atoms with Gasteiger partial charge in [0.2, 0.25) is 0 Å². The first-order valence-electron chi connectivity index (χ1n) is 19.1. The lowest BCUT2D eigenvalue weighted by atomic mass is 9.82. The van der Waals surface area contributed by atoms with E-state index in [-0.39, 0.29) is 5.41 Å². The summed E-state index contributed by atoms with van der Waals surface area (Å²) in [4.78, 5) is 2.37. The number of hydrogen-bond acceptors (Lipinski definition) is 2. The Morgan fingerprint density at radius 2 is 0.964 bits per heavy atom. The zero-order chi connectivity index (χ0) is 36.7. The van der Waals surface area contributed by atoms with Gasteiger partial charge in [-0.05, 0) is 102 Å². The zero-order valence-electron chi connectivity index (χ0n) is 30.8. The third kappa shape index (κ3) is 4.81. The predicted molar refractivity (Wildman–Crippen MR) is 232 cm³/mol. The van der Waals surface area contributed by atoms with Crippen molar-refractivity contribution in [2.45, 2.75) is 19.3 Å². The molecule has 9 aromatic carbocycles. The predicted octanol–water partition coefficient (Wildman–Crippen LogP) is 15.0. The standard InChI is InChI=1S/C53H37NO/c1-53(2)48-24-7-5-16-44(48)45-32-31-37(33-49(45)53)54(50-25-12-23-47-46-17-6-8-26-51(46)55-52(47)50)36-29-27-35(28-30-36)39-18-10-21-42-41(39)20-11-22-43(42)40-19-9-14-34-13-3-4-15-38(34)40/h3-33H,1-2H3. The Bertz CT molecular complexity index is 3120. The number of nitrogens with zero attached hydrogens (tertiary/aromatic N) is 1. The maximum Gasteiger partial charge on any atom is 0.159 e. The molecule has 0 spiro atoms. The highest BCUT2D eigenvalue weighted by molar-refractivity contribution is 6.11. The summed E-state index contributed by atoms with van der Waals surface area (Å²) in [7, 11) is 0. The van der Waals surface area contributed by atoms with Crippen molar-refractivity contribution in [3.8, 4) is 33.4 Å². The van der Waals surface area contributed by atoms with Gasteiger partial charge < -0.3 is 9.32 Å². The quantitative estimate of drug-likeness (QED) is 0.177. The summed E-state index contributed by atoms with van der Waals surface area (Å²) in [6.07, 6.45) is 0. The Hall–Kier alpha value is -6.90. The molecule has 2 nitrogen and oxygen atoms in total. The molecular formula is C53H37NO. The van der Waals surface area contributed by atoms with Crippen molar-refractivity contribution < 1.29 is 4.42 Å². The first-order chi connectivity index (χ1) is 27.0. The van der Waals surface area contributed by atoms with Crippen LogP contribution in [0.1, 0.15) is 25.0 Å². The minimum absolute atomic E-state index is 0.123. The van der Waals surface area contributed by atoms with Gasteiger partial charge in [-0.2, -0.15) is 0 Å². The molecule has 0 saturated carbocycles. The third-order valence-corrected chi connectivity index (χ3v) is 11.9. The monoisotopic (exact) mass is 703 g/mol. The summed E-state index contributed by atoms with van der Waals surface area (Å²) in [6, 6.07) is 68.4. The van der Waals surface area contributed by atoms with Crippen LogP contribution in [0.15, 0.2) is 192 Å². The number of furan rings is 1. The highest BCUT2D eigenvalue weighted by atomic mass is 16.3. The molecule has 0 amide bonds. The summed E-state index contributed by atoms with van der Waals surface area (Å²) in [5, 5.41) is 7.25. The fourth-order valence-electron chi connectivity index (χ4n) is 9.21. The fraction of sp³-hybridized carbons (Fsp3) is 0.0566. The first-order valence-corrected chi connectivity index (χ1v) is 19.1. The molecule has 0 saturated heterocycles. The molecule has 260 valence electrons. The van der Waals surface area contributed by atoms with E-state index in [4.69, 9.17) is 4.42 Å². The molecule has 11 rings (SSSR count). The van der Waals surface area contributed by atoms with Crippen molar-refractivity contribution in [2.75, 3.05) is 4.90 Å². The Kier molecular flexibility index (Phi) is 6.93. The van der Waals surface area contributed by atoms with Gasteiger partial charge in [-0.3, -0.25) is 0 Å². The molecule has 1 aliphatic rings. The van der Waals surface area contributed by atoms with Gasteiger partial charge in [0.05, 0.1) is 5.69 Å². The van der Waals surface area contributed by atoms with E-state index < -0.39 is 0 Å².